The van der Waals surface area contributed by atoms with Crippen LogP contribution < -0.4 is 9.80 Å². The zero-order chi connectivity index (χ0) is 34.8. The number of anilines is 2. The fourth-order valence-electron chi connectivity index (χ4n) is 9.40. The molecular formula is C40H61Cl2F2N2PRu. The van der Waals surface area contributed by atoms with Crippen molar-refractivity contribution in [3.63, 3.8) is 0 Å². The molecule has 2 aromatic rings. The molecule has 1 heterocycles. The number of aryl methyl sites for hydroxylation is 6. The van der Waals surface area contributed by atoms with Gasteiger partial charge >= 0.3 is 46.3 Å². The first kappa shape index (κ1) is 40.2. The van der Waals surface area contributed by atoms with E-state index in [0.29, 0.717) is 0 Å². The summed E-state index contributed by atoms with van der Waals surface area (Å²) in [6.07, 6.45) is 23.8. The van der Waals surface area contributed by atoms with Gasteiger partial charge in [-0.05, 0) is 141 Å². The molecule has 3 aliphatic carbocycles. The van der Waals surface area contributed by atoms with Crippen LogP contribution in [0.5, 0.6) is 0 Å². The Morgan fingerprint density at radius 2 is 0.854 bits per heavy atom. The van der Waals surface area contributed by atoms with E-state index in [4.69, 9.17) is 19.4 Å². The van der Waals surface area contributed by atoms with E-state index in [2.05, 4.69) is 82.3 Å². The summed E-state index contributed by atoms with van der Waals surface area (Å²) in [5, 5.41) is 0. The van der Waals surface area contributed by atoms with Crippen LogP contribution in [0.1, 0.15) is 130 Å². The van der Waals surface area contributed by atoms with Crippen LogP contribution in [0.3, 0.4) is 0 Å². The zero-order valence-corrected chi connectivity index (χ0v) is 34.6. The van der Waals surface area contributed by atoms with E-state index in [1.807, 2.05) is 0 Å². The summed E-state index contributed by atoms with van der Waals surface area (Å²) in [5.74, 6) is 0. The molecule has 0 aromatic heterocycles. The summed E-state index contributed by atoms with van der Waals surface area (Å²) < 4.78 is 19.9. The van der Waals surface area contributed by atoms with Crippen LogP contribution in [0.2, 0.25) is 0 Å². The molecule has 0 bridgehead atoms. The first-order valence-electron chi connectivity index (χ1n) is 18.5. The molecule has 0 unspecified atom stereocenters. The molecule has 48 heavy (non-hydrogen) atoms. The van der Waals surface area contributed by atoms with E-state index in [-0.39, 0.29) is 7.92 Å². The standard InChI is InChI=1S/C21H27N2.C18H33P.CF2.2ClH.Ru/c1-14-9-16(3)20(17(4)10-14)22-7-8-23(13-22)21-18(5)11-15(2)12-19(21)6;1-4-10-16(11-5-1)19(17-12-6-2-7-13-17)18-14-8-3-9-15-18;2-1-3;;;/h9-13H,7-8H2,1-6H3;16-18H,1-15H2;;2*1H;/q-1;;;;;+2/p-1. The van der Waals surface area contributed by atoms with Gasteiger partial charge in [0.25, 0.3) is 0 Å². The van der Waals surface area contributed by atoms with Crippen molar-refractivity contribution in [1.29, 1.82) is 0 Å². The van der Waals surface area contributed by atoms with Gasteiger partial charge < -0.3 is 9.80 Å². The number of halogens is 4. The van der Waals surface area contributed by atoms with Gasteiger partial charge in [-0.3, -0.25) is 0 Å². The molecular weight excluding hydrogens is 749 g/mol. The van der Waals surface area contributed by atoms with Gasteiger partial charge in [0.05, 0.1) is 17.0 Å². The molecule has 8 heteroatoms. The zero-order valence-electron chi connectivity index (χ0n) is 30.4. The Kier molecular flexibility index (Phi) is 16.6. The Balaban J connectivity index is 0.000000188. The van der Waals surface area contributed by atoms with Crippen molar-refractivity contribution in [2.75, 3.05) is 22.9 Å². The molecule has 0 radical (unpaired) electrons. The van der Waals surface area contributed by atoms with E-state index in [0.717, 1.165) is 13.1 Å². The fourth-order valence-corrected chi connectivity index (χ4v) is 14.6. The Morgan fingerprint density at radius 1 is 0.583 bits per heavy atom. The molecule has 1 aliphatic heterocycles. The number of benzene rings is 2. The molecule has 0 N–H and O–H groups in total. The molecule has 4 fully saturated rings. The summed E-state index contributed by atoms with van der Waals surface area (Å²) in [5.41, 5.74) is 14.5. The van der Waals surface area contributed by atoms with E-state index in [1.165, 1.54) is 61.7 Å². The Morgan fingerprint density at radius 3 is 1.10 bits per heavy atom. The molecule has 2 aromatic carbocycles. The van der Waals surface area contributed by atoms with Crippen LogP contribution in [-0.2, 0) is 13.5 Å². The molecule has 6 rings (SSSR count). The van der Waals surface area contributed by atoms with Crippen molar-refractivity contribution in [2.24, 2.45) is 0 Å². The summed E-state index contributed by atoms with van der Waals surface area (Å²) in [7, 11) is 9.42. The fraction of sp³-hybridized carbons (Fsp3) is 0.650. The normalized spacial score (nSPS) is 19.9. The summed E-state index contributed by atoms with van der Waals surface area (Å²) in [6.45, 7) is 17.6. The van der Waals surface area contributed by atoms with Gasteiger partial charge in [-0.25, -0.2) is 0 Å². The third-order valence-corrected chi connectivity index (χ3v) is 17.3. The van der Waals surface area contributed by atoms with E-state index in [1.54, 1.807) is 96.3 Å². The van der Waals surface area contributed by atoms with Crippen LogP contribution >= 0.6 is 27.3 Å². The molecule has 272 valence electrons. The van der Waals surface area contributed by atoms with E-state index < -0.39 is 18.1 Å². The van der Waals surface area contributed by atoms with Crippen LogP contribution in [0.15, 0.2) is 24.3 Å². The second kappa shape index (κ2) is 19.9. The second-order valence-corrected chi connectivity index (χ2v) is 23.9. The first-order chi connectivity index (χ1) is 23.0. The Labute approximate surface area is 306 Å². The maximum absolute atomic E-state index is 10.9. The van der Waals surface area contributed by atoms with Gasteiger partial charge in [0.1, 0.15) is 0 Å². The average Bonchev–Trinajstić information content (AvgIpc) is 3.51. The van der Waals surface area contributed by atoms with Gasteiger partial charge in [-0.2, -0.15) is 6.67 Å². The molecule has 3 saturated carbocycles. The van der Waals surface area contributed by atoms with Gasteiger partial charge in [0, 0.05) is 32.4 Å². The third kappa shape index (κ3) is 11.5. The molecule has 2 nitrogen and oxygen atoms in total. The van der Waals surface area contributed by atoms with Crippen molar-refractivity contribution in [3.8, 4) is 0 Å². The summed E-state index contributed by atoms with van der Waals surface area (Å²) >= 11 is -2.75. The molecule has 0 atom stereocenters. The molecule has 0 spiro atoms. The van der Waals surface area contributed by atoms with Gasteiger partial charge in [0.2, 0.25) is 0 Å². The van der Waals surface area contributed by atoms with Crippen molar-refractivity contribution < 1.29 is 22.3 Å². The Bertz CT molecular complexity index is 1180. The topological polar surface area (TPSA) is 6.48 Å². The first-order valence-corrected chi connectivity index (χ1v) is 25.6. The van der Waals surface area contributed by atoms with Crippen molar-refractivity contribution >= 4 is 43.3 Å². The molecule has 4 aliphatic rings. The number of hydrogen-bond donors (Lipinski definition) is 0. The van der Waals surface area contributed by atoms with Crippen molar-refractivity contribution in [1.82, 2.24) is 0 Å². The molecule has 0 amide bonds. The van der Waals surface area contributed by atoms with Crippen LogP contribution in [0, 0.1) is 48.2 Å². The van der Waals surface area contributed by atoms with Crippen LogP contribution in [0.4, 0.5) is 20.2 Å². The van der Waals surface area contributed by atoms with Crippen molar-refractivity contribution in [2.45, 2.75) is 155 Å². The predicted octanol–water partition coefficient (Wildman–Crippen LogP) is 13.1. The minimum absolute atomic E-state index is 0.0465. The second-order valence-electron chi connectivity index (χ2n) is 14.9. The van der Waals surface area contributed by atoms with Gasteiger partial charge in [-0.15, -0.1) is 0 Å². The predicted molar refractivity (Wildman–Crippen MR) is 208 cm³/mol. The van der Waals surface area contributed by atoms with Crippen molar-refractivity contribution in [3.05, 3.63) is 64.3 Å². The SMILES string of the molecule is C1CCC([PH+](C2CCCCC2)C2CCCCC2)CC1.Cc1cc(C)c(N2[CH-]N(c3c(C)cc(C)cc3C)CC2)c(C)c1.F[C](F)=[Ru]([Cl])[Cl]. The third-order valence-electron chi connectivity index (χ3n) is 11.0. The Hall–Kier alpha value is -0.597. The monoisotopic (exact) mass is 810 g/mol. The van der Waals surface area contributed by atoms with Crippen LogP contribution in [-0.4, -0.2) is 34.7 Å². The average molecular weight is 811 g/mol. The number of rotatable bonds is 5. The maximum atomic E-state index is 10.9. The number of hydrogen-bond acceptors (Lipinski definition) is 2. The number of nitrogens with zero attached hydrogens (tertiary/aromatic N) is 2. The quantitative estimate of drug-likeness (QED) is 0.169. The van der Waals surface area contributed by atoms with Gasteiger partial charge in [0.15, 0.2) is 0 Å². The summed E-state index contributed by atoms with van der Waals surface area (Å²) in [6, 6.07) is 9.12. The van der Waals surface area contributed by atoms with E-state index in [9.17, 15) is 8.78 Å². The summed E-state index contributed by atoms with van der Waals surface area (Å²) in [4.78, 5) is 4.81. The van der Waals surface area contributed by atoms with Gasteiger partial charge in [-0.1, -0.05) is 54.7 Å². The minimum atomic E-state index is -2.75. The molecule has 1 saturated heterocycles. The van der Waals surface area contributed by atoms with Crippen LogP contribution in [0.25, 0.3) is 0 Å². The van der Waals surface area contributed by atoms with E-state index >= 15 is 0 Å².